The molecule has 0 aromatic heterocycles. The second-order valence-electron chi connectivity index (χ2n) is 4.82. The number of aryl methyl sites for hydroxylation is 1. The molecule has 0 radical (unpaired) electrons. The van der Waals surface area contributed by atoms with E-state index in [1.54, 1.807) is 0 Å². The van der Waals surface area contributed by atoms with Crippen LogP contribution in [-0.4, -0.2) is 6.54 Å². The van der Waals surface area contributed by atoms with Crippen molar-refractivity contribution in [2.75, 3.05) is 6.54 Å². The van der Waals surface area contributed by atoms with Crippen molar-refractivity contribution in [2.45, 2.75) is 60.4 Å². The maximum atomic E-state index is 5.47. The standard InChI is InChI=1S/C9H13N.C7H17N.CH4/c1-2-8-4-3-5-9(6-8)7-10;1-3-7(2)5-4-6-8;/h3-6H,2,7,10H2,1H3;7H,3-6,8H2,1-2H3;1H4. The molecule has 0 saturated heterocycles. The van der Waals surface area contributed by atoms with Crippen molar-refractivity contribution < 1.29 is 0 Å². The maximum absolute atomic E-state index is 5.47. The Balaban J connectivity index is 0. The van der Waals surface area contributed by atoms with Crippen molar-refractivity contribution in [2.24, 2.45) is 17.4 Å². The van der Waals surface area contributed by atoms with Crippen molar-refractivity contribution in [1.29, 1.82) is 0 Å². The number of benzene rings is 1. The molecule has 0 spiro atoms. The summed E-state index contributed by atoms with van der Waals surface area (Å²) in [5.41, 5.74) is 13.4. The summed E-state index contributed by atoms with van der Waals surface area (Å²) >= 11 is 0. The molecular weight excluding hydrogens is 232 g/mol. The lowest BCUT2D eigenvalue weighted by Crippen LogP contribution is -2.01. The fraction of sp³-hybridized carbons (Fsp3) is 0.647. The van der Waals surface area contributed by atoms with E-state index in [1.807, 2.05) is 0 Å². The number of rotatable bonds is 6. The van der Waals surface area contributed by atoms with Crippen LogP contribution in [0.1, 0.15) is 58.6 Å². The SMILES string of the molecule is C.CCC(C)CCCN.CCc1cccc(CN)c1. The van der Waals surface area contributed by atoms with Gasteiger partial charge in [0, 0.05) is 6.54 Å². The van der Waals surface area contributed by atoms with E-state index in [0.29, 0.717) is 6.54 Å². The van der Waals surface area contributed by atoms with Crippen LogP contribution in [0.25, 0.3) is 0 Å². The molecular formula is C17H34N2. The average Bonchev–Trinajstić information content (AvgIpc) is 2.45. The molecule has 19 heavy (non-hydrogen) atoms. The summed E-state index contributed by atoms with van der Waals surface area (Å²) in [6.07, 6.45) is 4.87. The molecule has 2 heteroatoms. The zero-order valence-corrected chi connectivity index (χ0v) is 12.3. The molecule has 0 heterocycles. The summed E-state index contributed by atoms with van der Waals surface area (Å²) in [5, 5.41) is 0. The Morgan fingerprint density at radius 3 is 2.21 bits per heavy atom. The summed E-state index contributed by atoms with van der Waals surface area (Å²) in [4.78, 5) is 0. The Bertz CT molecular complexity index is 278. The molecule has 1 aromatic rings. The third-order valence-corrected chi connectivity index (χ3v) is 3.23. The highest BCUT2D eigenvalue weighted by Gasteiger charge is 1.94. The summed E-state index contributed by atoms with van der Waals surface area (Å²) in [7, 11) is 0. The summed E-state index contributed by atoms with van der Waals surface area (Å²) in [5.74, 6) is 0.874. The van der Waals surface area contributed by atoms with Crippen LogP contribution in [-0.2, 0) is 13.0 Å². The molecule has 0 aliphatic heterocycles. The van der Waals surface area contributed by atoms with Gasteiger partial charge in [0.25, 0.3) is 0 Å². The molecule has 0 bridgehead atoms. The van der Waals surface area contributed by atoms with E-state index in [2.05, 4.69) is 45.0 Å². The van der Waals surface area contributed by atoms with Crippen molar-refractivity contribution in [1.82, 2.24) is 0 Å². The molecule has 2 nitrogen and oxygen atoms in total. The van der Waals surface area contributed by atoms with Crippen molar-refractivity contribution in [3.05, 3.63) is 35.4 Å². The van der Waals surface area contributed by atoms with E-state index in [9.17, 15) is 0 Å². The topological polar surface area (TPSA) is 52.0 Å². The third-order valence-electron chi connectivity index (χ3n) is 3.23. The van der Waals surface area contributed by atoms with E-state index >= 15 is 0 Å². The first-order chi connectivity index (χ1) is 8.67. The highest BCUT2D eigenvalue weighted by Crippen LogP contribution is 2.07. The van der Waals surface area contributed by atoms with Crippen LogP contribution in [0.5, 0.6) is 0 Å². The Kier molecular flexibility index (Phi) is 14.6. The van der Waals surface area contributed by atoms with Gasteiger partial charge in [-0.1, -0.05) is 58.9 Å². The van der Waals surface area contributed by atoms with Gasteiger partial charge in [-0.3, -0.25) is 0 Å². The van der Waals surface area contributed by atoms with Crippen molar-refractivity contribution >= 4 is 0 Å². The summed E-state index contributed by atoms with van der Waals surface area (Å²) in [6, 6.07) is 8.39. The largest absolute Gasteiger partial charge is 0.330 e. The Morgan fingerprint density at radius 2 is 1.74 bits per heavy atom. The van der Waals surface area contributed by atoms with Crippen LogP contribution in [0.3, 0.4) is 0 Å². The van der Waals surface area contributed by atoms with Gasteiger partial charge in [0.1, 0.15) is 0 Å². The molecule has 112 valence electrons. The second-order valence-corrected chi connectivity index (χ2v) is 4.82. The molecule has 4 N–H and O–H groups in total. The van der Waals surface area contributed by atoms with Gasteiger partial charge in [-0.25, -0.2) is 0 Å². The first kappa shape index (κ1) is 20.5. The molecule has 0 aliphatic carbocycles. The molecule has 1 aromatic carbocycles. The van der Waals surface area contributed by atoms with Crippen LogP contribution in [0.15, 0.2) is 24.3 Å². The van der Waals surface area contributed by atoms with E-state index in [0.717, 1.165) is 18.9 Å². The van der Waals surface area contributed by atoms with E-state index < -0.39 is 0 Å². The van der Waals surface area contributed by atoms with E-state index in [-0.39, 0.29) is 7.43 Å². The van der Waals surface area contributed by atoms with Gasteiger partial charge in [0.2, 0.25) is 0 Å². The van der Waals surface area contributed by atoms with Crippen LogP contribution in [0.4, 0.5) is 0 Å². The highest BCUT2D eigenvalue weighted by atomic mass is 14.5. The monoisotopic (exact) mass is 266 g/mol. The third kappa shape index (κ3) is 10.7. The molecule has 1 atom stereocenters. The second kappa shape index (κ2) is 13.6. The van der Waals surface area contributed by atoms with Gasteiger partial charge in [-0.05, 0) is 42.9 Å². The van der Waals surface area contributed by atoms with Gasteiger partial charge in [0.05, 0.1) is 0 Å². The predicted octanol–water partition coefficient (Wildman–Crippen LogP) is 4.12. The lowest BCUT2D eigenvalue weighted by atomic mass is 10.0. The number of hydrogen-bond donors (Lipinski definition) is 2. The smallest absolute Gasteiger partial charge is 0.0178 e. The van der Waals surface area contributed by atoms with Gasteiger partial charge in [-0.15, -0.1) is 0 Å². The first-order valence-electron chi connectivity index (χ1n) is 7.15. The molecule has 0 fully saturated rings. The minimum atomic E-state index is 0. The lowest BCUT2D eigenvalue weighted by Gasteiger charge is -2.04. The minimum Gasteiger partial charge on any atom is -0.330 e. The maximum Gasteiger partial charge on any atom is 0.0178 e. The van der Waals surface area contributed by atoms with Gasteiger partial charge < -0.3 is 11.5 Å². The lowest BCUT2D eigenvalue weighted by molar-refractivity contribution is 0.499. The van der Waals surface area contributed by atoms with Crippen LogP contribution in [0, 0.1) is 5.92 Å². The molecule has 1 unspecified atom stereocenters. The Morgan fingerprint density at radius 1 is 1.11 bits per heavy atom. The zero-order chi connectivity index (χ0) is 13.8. The van der Waals surface area contributed by atoms with Crippen LogP contribution < -0.4 is 11.5 Å². The van der Waals surface area contributed by atoms with Crippen molar-refractivity contribution in [3.8, 4) is 0 Å². The van der Waals surface area contributed by atoms with Gasteiger partial charge in [-0.2, -0.15) is 0 Å². The average molecular weight is 266 g/mol. The predicted molar refractivity (Wildman–Crippen MR) is 88.2 cm³/mol. The van der Waals surface area contributed by atoms with Crippen LogP contribution >= 0.6 is 0 Å². The first-order valence-corrected chi connectivity index (χ1v) is 7.15. The number of hydrogen-bond acceptors (Lipinski definition) is 2. The van der Waals surface area contributed by atoms with Gasteiger partial charge >= 0.3 is 0 Å². The van der Waals surface area contributed by atoms with Crippen molar-refractivity contribution in [3.63, 3.8) is 0 Å². The van der Waals surface area contributed by atoms with E-state index in [1.165, 1.54) is 30.4 Å². The molecule has 0 amide bonds. The molecule has 0 saturated carbocycles. The number of nitrogens with two attached hydrogens (primary N) is 2. The fourth-order valence-electron chi connectivity index (χ4n) is 1.65. The van der Waals surface area contributed by atoms with Gasteiger partial charge in [0.15, 0.2) is 0 Å². The zero-order valence-electron chi connectivity index (χ0n) is 12.3. The Hall–Kier alpha value is -0.860. The normalized spacial score (nSPS) is 11.0. The summed E-state index contributed by atoms with van der Waals surface area (Å²) < 4.78 is 0. The Labute approximate surface area is 120 Å². The fourth-order valence-corrected chi connectivity index (χ4v) is 1.65. The molecule has 0 aliphatic rings. The quantitative estimate of drug-likeness (QED) is 0.814. The van der Waals surface area contributed by atoms with E-state index in [4.69, 9.17) is 11.5 Å². The van der Waals surface area contributed by atoms with Crippen LogP contribution in [0.2, 0.25) is 0 Å². The molecule has 1 rings (SSSR count). The highest BCUT2D eigenvalue weighted by molar-refractivity contribution is 5.22. The minimum absolute atomic E-state index is 0. The summed E-state index contributed by atoms with van der Waals surface area (Å²) in [6.45, 7) is 8.14.